The number of anilines is 1. The monoisotopic (exact) mass is 362 g/mol. The standard InChI is InChI=1S/C19H22N8/c1-3-5-16-17(22-12-27-19(16)23-13(2)26-27)10-14(8-9-20)24-18-7-4-6-15(11-21)25-18/h4,6-7,9,12,14,20H,3,5,8,10H2,1-2H3,(H,24,25). The predicted molar refractivity (Wildman–Crippen MR) is 103 cm³/mol. The first-order chi connectivity index (χ1) is 13.1. The van der Waals surface area contributed by atoms with Crippen LogP contribution < -0.4 is 5.32 Å². The van der Waals surface area contributed by atoms with Gasteiger partial charge in [0.25, 0.3) is 0 Å². The average Bonchev–Trinajstić information content (AvgIpc) is 3.05. The van der Waals surface area contributed by atoms with Crippen molar-refractivity contribution in [1.82, 2.24) is 24.6 Å². The summed E-state index contributed by atoms with van der Waals surface area (Å²) in [5.74, 6) is 1.34. The Morgan fingerprint density at radius 2 is 2.22 bits per heavy atom. The number of nitrogens with zero attached hydrogens (tertiary/aromatic N) is 6. The second kappa shape index (κ2) is 8.36. The van der Waals surface area contributed by atoms with Crippen LogP contribution in [0.3, 0.4) is 0 Å². The van der Waals surface area contributed by atoms with Crippen LogP contribution in [0.5, 0.6) is 0 Å². The molecule has 0 aromatic carbocycles. The maximum absolute atomic E-state index is 9.03. The largest absolute Gasteiger partial charge is 0.367 e. The highest BCUT2D eigenvalue weighted by Gasteiger charge is 2.17. The lowest BCUT2D eigenvalue weighted by Gasteiger charge is -2.19. The number of pyridine rings is 1. The van der Waals surface area contributed by atoms with Gasteiger partial charge in [0.1, 0.15) is 29.7 Å². The molecule has 0 bridgehead atoms. The van der Waals surface area contributed by atoms with Crippen LogP contribution in [0.2, 0.25) is 0 Å². The average molecular weight is 362 g/mol. The number of aromatic nitrogens is 5. The number of nitrogens with one attached hydrogen (secondary N) is 2. The lowest BCUT2D eigenvalue weighted by Crippen LogP contribution is -2.25. The third-order valence-electron chi connectivity index (χ3n) is 4.24. The first-order valence-corrected chi connectivity index (χ1v) is 8.97. The summed E-state index contributed by atoms with van der Waals surface area (Å²) < 4.78 is 1.72. The minimum Gasteiger partial charge on any atom is -0.367 e. The summed E-state index contributed by atoms with van der Waals surface area (Å²) >= 11 is 0. The van der Waals surface area contributed by atoms with Crippen LogP contribution in [0.25, 0.3) is 5.65 Å². The van der Waals surface area contributed by atoms with E-state index < -0.39 is 0 Å². The molecule has 0 amide bonds. The molecule has 0 aliphatic heterocycles. The highest BCUT2D eigenvalue weighted by atomic mass is 15.3. The molecule has 0 saturated heterocycles. The van der Waals surface area contributed by atoms with E-state index in [9.17, 15) is 0 Å². The third-order valence-corrected chi connectivity index (χ3v) is 4.24. The molecule has 0 fully saturated rings. The number of hydrogen-bond donors (Lipinski definition) is 2. The van der Waals surface area contributed by atoms with Gasteiger partial charge in [-0.05, 0) is 31.7 Å². The van der Waals surface area contributed by atoms with Crippen LogP contribution in [0.15, 0.2) is 24.5 Å². The van der Waals surface area contributed by atoms with Gasteiger partial charge in [0, 0.05) is 24.4 Å². The Hall–Kier alpha value is -3.34. The van der Waals surface area contributed by atoms with Crippen LogP contribution >= 0.6 is 0 Å². The highest BCUT2D eigenvalue weighted by molar-refractivity contribution is 5.56. The molecule has 2 N–H and O–H groups in total. The van der Waals surface area contributed by atoms with Gasteiger partial charge in [-0.25, -0.2) is 19.5 Å². The summed E-state index contributed by atoms with van der Waals surface area (Å²) in [7, 11) is 0. The first kappa shape index (κ1) is 18.5. The number of nitriles is 1. The van der Waals surface area contributed by atoms with Crippen molar-refractivity contribution in [3.05, 3.63) is 47.3 Å². The Labute approximate surface area is 157 Å². The molecule has 3 aromatic rings. The van der Waals surface area contributed by atoms with Crippen LogP contribution in [0, 0.1) is 23.7 Å². The second-order valence-corrected chi connectivity index (χ2v) is 6.35. The second-order valence-electron chi connectivity index (χ2n) is 6.35. The molecular formula is C19H22N8. The van der Waals surface area contributed by atoms with Crippen LogP contribution in [-0.2, 0) is 12.8 Å². The Morgan fingerprint density at radius 1 is 1.37 bits per heavy atom. The van der Waals surface area contributed by atoms with Crippen LogP contribution in [0.4, 0.5) is 5.82 Å². The number of aryl methyl sites for hydroxylation is 2. The van der Waals surface area contributed by atoms with Crippen LogP contribution in [0.1, 0.15) is 42.5 Å². The Balaban J connectivity index is 1.90. The van der Waals surface area contributed by atoms with Crippen molar-refractivity contribution in [3.8, 4) is 6.07 Å². The van der Waals surface area contributed by atoms with E-state index in [2.05, 4.69) is 32.3 Å². The molecule has 0 spiro atoms. The molecule has 8 heteroatoms. The molecule has 8 nitrogen and oxygen atoms in total. The topological polar surface area (TPSA) is 116 Å². The number of rotatable bonds is 8. The van der Waals surface area contributed by atoms with E-state index in [0.717, 1.165) is 35.6 Å². The summed E-state index contributed by atoms with van der Waals surface area (Å²) in [6.45, 7) is 4.00. The summed E-state index contributed by atoms with van der Waals surface area (Å²) in [5.41, 5.74) is 3.25. The van der Waals surface area contributed by atoms with Crippen LogP contribution in [-0.4, -0.2) is 36.8 Å². The van der Waals surface area contributed by atoms with E-state index >= 15 is 0 Å². The fraction of sp³-hybridized carbons (Fsp3) is 0.368. The van der Waals surface area contributed by atoms with Crippen molar-refractivity contribution in [1.29, 1.82) is 10.7 Å². The Kier molecular flexibility index (Phi) is 5.71. The molecule has 0 radical (unpaired) electrons. The molecule has 0 aliphatic rings. The highest BCUT2D eigenvalue weighted by Crippen LogP contribution is 2.19. The predicted octanol–water partition coefficient (Wildman–Crippen LogP) is 2.71. The SMILES string of the molecule is CCCc1c(CC(CC=N)Nc2cccc(C#N)n2)ncn2nc(C)nc12. The molecule has 0 saturated carbocycles. The molecular weight excluding hydrogens is 340 g/mol. The first-order valence-electron chi connectivity index (χ1n) is 8.97. The Bertz CT molecular complexity index is 985. The zero-order valence-corrected chi connectivity index (χ0v) is 15.5. The quantitative estimate of drug-likeness (QED) is 0.595. The summed E-state index contributed by atoms with van der Waals surface area (Å²) in [6.07, 6.45) is 6.08. The summed E-state index contributed by atoms with van der Waals surface area (Å²) in [5, 5.41) is 24.2. The third kappa shape index (κ3) is 4.26. The zero-order chi connectivity index (χ0) is 19.2. The smallest absolute Gasteiger partial charge is 0.162 e. The van der Waals surface area contributed by atoms with E-state index in [1.807, 2.05) is 19.1 Å². The number of fused-ring (bicyclic) bond motifs is 1. The fourth-order valence-corrected chi connectivity index (χ4v) is 3.09. The molecule has 3 heterocycles. The van der Waals surface area contributed by atoms with Gasteiger partial charge in [0.15, 0.2) is 5.65 Å². The van der Waals surface area contributed by atoms with Gasteiger partial charge in [-0.3, -0.25) is 0 Å². The van der Waals surface area contributed by atoms with Crippen molar-refractivity contribution in [2.45, 2.75) is 45.6 Å². The zero-order valence-electron chi connectivity index (χ0n) is 15.5. The van der Waals surface area contributed by atoms with Crippen molar-refractivity contribution in [3.63, 3.8) is 0 Å². The molecule has 1 unspecified atom stereocenters. The van der Waals surface area contributed by atoms with Crippen molar-refractivity contribution >= 4 is 17.7 Å². The molecule has 138 valence electrons. The molecule has 3 aromatic heterocycles. The van der Waals surface area contributed by atoms with Gasteiger partial charge in [0.05, 0.1) is 5.69 Å². The lowest BCUT2D eigenvalue weighted by molar-refractivity contribution is 0.709. The molecule has 1 atom stereocenters. The van der Waals surface area contributed by atoms with Gasteiger partial charge in [-0.15, -0.1) is 0 Å². The molecule has 0 aliphatic carbocycles. The van der Waals surface area contributed by atoms with E-state index in [1.165, 1.54) is 6.21 Å². The lowest BCUT2D eigenvalue weighted by atomic mass is 10.0. The minimum absolute atomic E-state index is 0.0569. The van der Waals surface area contributed by atoms with Gasteiger partial charge < -0.3 is 10.7 Å². The van der Waals surface area contributed by atoms with Crippen molar-refractivity contribution in [2.24, 2.45) is 0 Å². The molecule has 3 rings (SSSR count). The Morgan fingerprint density at radius 3 is 2.96 bits per heavy atom. The van der Waals surface area contributed by atoms with Gasteiger partial charge in [0.2, 0.25) is 0 Å². The maximum atomic E-state index is 9.03. The minimum atomic E-state index is -0.0569. The maximum Gasteiger partial charge on any atom is 0.162 e. The molecule has 27 heavy (non-hydrogen) atoms. The van der Waals surface area contributed by atoms with E-state index in [1.54, 1.807) is 23.0 Å². The summed E-state index contributed by atoms with van der Waals surface area (Å²) in [4.78, 5) is 13.4. The van der Waals surface area contributed by atoms with Gasteiger partial charge in [-0.1, -0.05) is 19.4 Å². The van der Waals surface area contributed by atoms with E-state index in [0.29, 0.717) is 24.4 Å². The summed E-state index contributed by atoms with van der Waals surface area (Å²) in [6, 6.07) is 7.27. The van der Waals surface area contributed by atoms with E-state index in [-0.39, 0.29) is 6.04 Å². The van der Waals surface area contributed by atoms with E-state index in [4.69, 9.17) is 10.7 Å². The normalized spacial score (nSPS) is 11.9. The van der Waals surface area contributed by atoms with Crippen molar-refractivity contribution < 1.29 is 0 Å². The number of hydrogen-bond acceptors (Lipinski definition) is 7. The van der Waals surface area contributed by atoms with Crippen molar-refractivity contribution in [2.75, 3.05) is 5.32 Å². The fourth-order valence-electron chi connectivity index (χ4n) is 3.09. The van der Waals surface area contributed by atoms with Gasteiger partial charge in [-0.2, -0.15) is 10.4 Å². The van der Waals surface area contributed by atoms with Gasteiger partial charge >= 0.3 is 0 Å².